The lowest BCUT2D eigenvalue weighted by atomic mass is 10.1. The summed E-state index contributed by atoms with van der Waals surface area (Å²) in [6.45, 7) is 6.12. The highest BCUT2D eigenvalue weighted by molar-refractivity contribution is 5.27. The van der Waals surface area contributed by atoms with Crippen LogP contribution in [-0.2, 0) is 6.42 Å². The Bertz CT molecular complexity index is 339. The SMILES string of the molecule is CC(N)CCc1ccc(OCCC(C)(C)O)cc1. The third-order valence-corrected chi connectivity index (χ3v) is 2.79. The lowest BCUT2D eigenvalue weighted by molar-refractivity contribution is 0.0553. The van der Waals surface area contributed by atoms with E-state index in [-0.39, 0.29) is 6.04 Å². The molecule has 0 aliphatic carbocycles. The molecule has 1 rings (SSSR count). The average molecular weight is 251 g/mol. The second-order valence-corrected chi connectivity index (χ2v) is 5.57. The predicted molar refractivity (Wildman–Crippen MR) is 74.8 cm³/mol. The largest absolute Gasteiger partial charge is 0.493 e. The third kappa shape index (κ3) is 6.62. The summed E-state index contributed by atoms with van der Waals surface area (Å²) in [4.78, 5) is 0. The highest BCUT2D eigenvalue weighted by atomic mass is 16.5. The monoisotopic (exact) mass is 251 g/mol. The van der Waals surface area contributed by atoms with Gasteiger partial charge in [-0.05, 0) is 51.3 Å². The van der Waals surface area contributed by atoms with Crippen LogP contribution in [0.2, 0.25) is 0 Å². The first kappa shape index (κ1) is 15.0. The van der Waals surface area contributed by atoms with Crippen molar-refractivity contribution < 1.29 is 9.84 Å². The van der Waals surface area contributed by atoms with Crippen molar-refractivity contribution in [1.82, 2.24) is 0 Å². The molecule has 0 spiro atoms. The molecule has 1 aromatic rings. The molecular formula is C15H25NO2. The minimum Gasteiger partial charge on any atom is -0.493 e. The zero-order valence-electron chi connectivity index (χ0n) is 11.6. The van der Waals surface area contributed by atoms with Gasteiger partial charge in [-0.1, -0.05) is 12.1 Å². The Morgan fingerprint density at radius 1 is 1.28 bits per heavy atom. The molecule has 0 aliphatic rings. The fraction of sp³-hybridized carbons (Fsp3) is 0.600. The van der Waals surface area contributed by atoms with Crippen LogP contribution in [0.3, 0.4) is 0 Å². The molecule has 0 fully saturated rings. The molecule has 1 atom stereocenters. The Balaban J connectivity index is 2.36. The van der Waals surface area contributed by atoms with E-state index in [9.17, 15) is 5.11 Å². The van der Waals surface area contributed by atoms with Crippen molar-refractivity contribution in [2.24, 2.45) is 5.73 Å². The van der Waals surface area contributed by atoms with Gasteiger partial charge in [0.05, 0.1) is 12.2 Å². The molecular weight excluding hydrogens is 226 g/mol. The van der Waals surface area contributed by atoms with E-state index in [4.69, 9.17) is 10.5 Å². The van der Waals surface area contributed by atoms with Crippen LogP contribution >= 0.6 is 0 Å². The lowest BCUT2D eigenvalue weighted by Gasteiger charge is -2.17. The summed E-state index contributed by atoms with van der Waals surface area (Å²) >= 11 is 0. The summed E-state index contributed by atoms with van der Waals surface area (Å²) in [5.41, 5.74) is 6.34. The highest BCUT2D eigenvalue weighted by Crippen LogP contribution is 2.15. The van der Waals surface area contributed by atoms with E-state index < -0.39 is 5.60 Å². The van der Waals surface area contributed by atoms with Crippen LogP contribution in [0.1, 0.15) is 39.2 Å². The number of ether oxygens (including phenoxy) is 1. The predicted octanol–water partition coefficient (Wildman–Crippen LogP) is 2.51. The Morgan fingerprint density at radius 2 is 1.89 bits per heavy atom. The van der Waals surface area contributed by atoms with Crippen LogP contribution in [0.15, 0.2) is 24.3 Å². The number of aliphatic hydroxyl groups is 1. The van der Waals surface area contributed by atoms with E-state index in [0.29, 0.717) is 13.0 Å². The standard InChI is InChI=1S/C15H25NO2/c1-12(16)4-5-13-6-8-14(9-7-13)18-11-10-15(2,3)17/h6-9,12,17H,4-5,10-11,16H2,1-3H3. The van der Waals surface area contributed by atoms with Crippen LogP contribution in [-0.4, -0.2) is 23.4 Å². The molecule has 0 saturated carbocycles. The van der Waals surface area contributed by atoms with Gasteiger partial charge in [0.2, 0.25) is 0 Å². The summed E-state index contributed by atoms with van der Waals surface area (Å²) in [7, 11) is 0. The summed E-state index contributed by atoms with van der Waals surface area (Å²) < 4.78 is 5.58. The summed E-state index contributed by atoms with van der Waals surface area (Å²) in [5, 5.41) is 9.57. The first-order valence-electron chi connectivity index (χ1n) is 6.56. The number of hydrogen-bond acceptors (Lipinski definition) is 3. The Hall–Kier alpha value is -1.06. The van der Waals surface area contributed by atoms with Crippen LogP contribution in [0, 0.1) is 0 Å². The summed E-state index contributed by atoms with van der Waals surface area (Å²) in [5.74, 6) is 0.851. The van der Waals surface area contributed by atoms with Crippen LogP contribution < -0.4 is 10.5 Å². The smallest absolute Gasteiger partial charge is 0.119 e. The molecule has 3 heteroatoms. The number of aryl methyl sites for hydroxylation is 1. The maximum absolute atomic E-state index is 9.57. The fourth-order valence-electron chi connectivity index (χ4n) is 1.57. The highest BCUT2D eigenvalue weighted by Gasteiger charge is 2.11. The van der Waals surface area contributed by atoms with Crippen LogP contribution in [0.5, 0.6) is 5.75 Å². The Morgan fingerprint density at radius 3 is 2.39 bits per heavy atom. The van der Waals surface area contributed by atoms with Crippen molar-refractivity contribution >= 4 is 0 Å². The van der Waals surface area contributed by atoms with Crippen LogP contribution in [0.4, 0.5) is 0 Å². The molecule has 3 nitrogen and oxygen atoms in total. The van der Waals surface area contributed by atoms with E-state index in [0.717, 1.165) is 18.6 Å². The number of hydrogen-bond donors (Lipinski definition) is 2. The number of benzene rings is 1. The van der Waals surface area contributed by atoms with Crippen molar-refractivity contribution in [3.8, 4) is 5.75 Å². The normalized spacial score (nSPS) is 13.4. The zero-order chi connectivity index (χ0) is 13.6. The van der Waals surface area contributed by atoms with Crippen molar-refractivity contribution in [2.75, 3.05) is 6.61 Å². The topological polar surface area (TPSA) is 55.5 Å². The second kappa shape index (κ2) is 6.76. The van der Waals surface area contributed by atoms with E-state index >= 15 is 0 Å². The first-order chi connectivity index (χ1) is 8.37. The molecule has 0 radical (unpaired) electrons. The van der Waals surface area contributed by atoms with Crippen molar-refractivity contribution in [2.45, 2.75) is 51.7 Å². The molecule has 0 bridgehead atoms. The van der Waals surface area contributed by atoms with Gasteiger partial charge >= 0.3 is 0 Å². The maximum atomic E-state index is 9.57. The van der Waals surface area contributed by atoms with Gasteiger partial charge in [0.1, 0.15) is 5.75 Å². The van der Waals surface area contributed by atoms with Gasteiger partial charge in [-0.25, -0.2) is 0 Å². The van der Waals surface area contributed by atoms with Gasteiger partial charge in [-0.2, -0.15) is 0 Å². The molecule has 1 aromatic carbocycles. The zero-order valence-corrected chi connectivity index (χ0v) is 11.6. The average Bonchev–Trinajstić information content (AvgIpc) is 2.26. The van der Waals surface area contributed by atoms with Gasteiger partial charge in [0.15, 0.2) is 0 Å². The molecule has 0 saturated heterocycles. The van der Waals surface area contributed by atoms with Gasteiger partial charge in [-0.15, -0.1) is 0 Å². The van der Waals surface area contributed by atoms with E-state index in [1.54, 1.807) is 13.8 Å². The van der Waals surface area contributed by atoms with Gasteiger partial charge in [0, 0.05) is 12.5 Å². The third-order valence-electron chi connectivity index (χ3n) is 2.79. The lowest BCUT2D eigenvalue weighted by Crippen LogP contribution is -2.21. The van der Waals surface area contributed by atoms with Crippen molar-refractivity contribution in [3.63, 3.8) is 0 Å². The Labute approximate surface area is 110 Å². The molecule has 1 unspecified atom stereocenters. The van der Waals surface area contributed by atoms with Gasteiger partial charge in [-0.3, -0.25) is 0 Å². The molecule has 0 aromatic heterocycles. The molecule has 0 heterocycles. The van der Waals surface area contributed by atoms with Crippen molar-refractivity contribution in [3.05, 3.63) is 29.8 Å². The second-order valence-electron chi connectivity index (χ2n) is 5.57. The summed E-state index contributed by atoms with van der Waals surface area (Å²) in [6.07, 6.45) is 2.62. The van der Waals surface area contributed by atoms with E-state index in [1.807, 2.05) is 19.1 Å². The molecule has 102 valence electrons. The number of nitrogens with two attached hydrogens (primary N) is 1. The minimum atomic E-state index is -0.669. The van der Waals surface area contributed by atoms with E-state index in [2.05, 4.69) is 12.1 Å². The maximum Gasteiger partial charge on any atom is 0.119 e. The Kier molecular flexibility index (Phi) is 5.63. The summed E-state index contributed by atoms with van der Waals surface area (Å²) in [6, 6.07) is 8.33. The molecule has 3 N–H and O–H groups in total. The quantitative estimate of drug-likeness (QED) is 0.783. The molecule has 0 amide bonds. The van der Waals surface area contributed by atoms with Crippen LogP contribution in [0.25, 0.3) is 0 Å². The van der Waals surface area contributed by atoms with Gasteiger partial charge in [0.25, 0.3) is 0 Å². The van der Waals surface area contributed by atoms with Gasteiger partial charge < -0.3 is 15.6 Å². The minimum absolute atomic E-state index is 0.243. The first-order valence-corrected chi connectivity index (χ1v) is 6.56. The fourth-order valence-corrected chi connectivity index (χ4v) is 1.57. The molecule has 18 heavy (non-hydrogen) atoms. The van der Waals surface area contributed by atoms with Crippen molar-refractivity contribution in [1.29, 1.82) is 0 Å². The van der Waals surface area contributed by atoms with E-state index in [1.165, 1.54) is 5.56 Å². The number of rotatable bonds is 7. The molecule has 0 aliphatic heterocycles.